The van der Waals surface area contributed by atoms with Gasteiger partial charge in [0.25, 0.3) is 5.91 Å². The van der Waals surface area contributed by atoms with Crippen molar-refractivity contribution < 1.29 is 18.7 Å². The van der Waals surface area contributed by atoms with Crippen LogP contribution in [0.15, 0.2) is 12.1 Å². The van der Waals surface area contributed by atoms with Crippen molar-refractivity contribution in [3.8, 4) is 0 Å². The number of aliphatic hydroxyl groups is 1. The van der Waals surface area contributed by atoms with Crippen LogP contribution in [0.1, 0.15) is 30.6 Å². The SMILES string of the molecule is CC(C)(CCO)NC(=O)c1cc(F)c(Cl)cc1F. The summed E-state index contributed by atoms with van der Waals surface area (Å²) in [5, 5.41) is 11.0. The molecular formula is C12H14ClF2NO2. The molecule has 0 saturated carbocycles. The molecule has 0 spiro atoms. The number of benzene rings is 1. The molecule has 0 radical (unpaired) electrons. The van der Waals surface area contributed by atoms with Crippen LogP contribution in [0.4, 0.5) is 8.78 Å². The van der Waals surface area contributed by atoms with Crippen molar-refractivity contribution in [2.75, 3.05) is 6.61 Å². The summed E-state index contributed by atoms with van der Waals surface area (Å²) in [5.74, 6) is -2.50. The van der Waals surface area contributed by atoms with Gasteiger partial charge in [-0.1, -0.05) is 11.6 Å². The summed E-state index contributed by atoms with van der Waals surface area (Å²) in [4.78, 5) is 11.8. The minimum absolute atomic E-state index is 0.120. The quantitative estimate of drug-likeness (QED) is 0.831. The Balaban J connectivity index is 2.95. The maximum atomic E-state index is 13.5. The zero-order valence-corrected chi connectivity index (χ0v) is 10.8. The lowest BCUT2D eigenvalue weighted by Gasteiger charge is -2.25. The molecule has 6 heteroatoms. The van der Waals surface area contributed by atoms with Crippen molar-refractivity contribution in [3.63, 3.8) is 0 Å². The lowest BCUT2D eigenvalue weighted by atomic mass is 10.0. The number of carbonyl (C=O) groups is 1. The molecule has 0 fully saturated rings. The lowest BCUT2D eigenvalue weighted by Crippen LogP contribution is -2.44. The Bertz CT molecular complexity index is 464. The van der Waals surface area contributed by atoms with Gasteiger partial charge in [0.05, 0.1) is 10.6 Å². The Hall–Kier alpha value is -1.20. The molecule has 3 nitrogen and oxygen atoms in total. The van der Waals surface area contributed by atoms with Gasteiger partial charge < -0.3 is 10.4 Å². The number of amides is 1. The van der Waals surface area contributed by atoms with Crippen LogP contribution in [0, 0.1) is 11.6 Å². The largest absolute Gasteiger partial charge is 0.396 e. The topological polar surface area (TPSA) is 49.3 Å². The predicted octanol–water partition coefficient (Wildman–Crippen LogP) is 2.51. The molecule has 2 N–H and O–H groups in total. The highest BCUT2D eigenvalue weighted by atomic mass is 35.5. The fourth-order valence-electron chi connectivity index (χ4n) is 1.41. The van der Waals surface area contributed by atoms with Crippen molar-refractivity contribution >= 4 is 17.5 Å². The van der Waals surface area contributed by atoms with Gasteiger partial charge in [-0.2, -0.15) is 0 Å². The Kier molecular flexibility index (Phi) is 4.65. The molecule has 0 heterocycles. The van der Waals surface area contributed by atoms with Crippen LogP contribution in [0.3, 0.4) is 0 Å². The zero-order chi connectivity index (χ0) is 13.9. The minimum atomic E-state index is -0.890. The van der Waals surface area contributed by atoms with E-state index < -0.39 is 28.6 Å². The van der Waals surface area contributed by atoms with Crippen molar-refractivity contribution in [1.82, 2.24) is 5.32 Å². The minimum Gasteiger partial charge on any atom is -0.396 e. The van der Waals surface area contributed by atoms with Crippen LogP contribution >= 0.6 is 11.6 Å². The first-order chi connectivity index (χ1) is 8.26. The highest BCUT2D eigenvalue weighted by Crippen LogP contribution is 2.20. The standard InChI is InChI=1S/C12H14ClF2NO2/c1-12(2,3-4-17)16-11(18)7-5-10(15)8(13)6-9(7)14/h5-6,17H,3-4H2,1-2H3,(H,16,18). The highest BCUT2D eigenvalue weighted by molar-refractivity contribution is 6.30. The Labute approximate surface area is 109 Å². The van der Waals surface area contributed by atoms with Crippen LogP contribution in [0.2, 0.25) is 5.02 Å². The predicted molar refractivity (Wildman–Crippen MR) is 64.6 cm³/mol. The van der Waals surface area contributed by atoms with E-state index in [-0.39, 0.29) is 11.6 Å². The van der Waals surface area contributed by atoms with E-state index in [1.54, 1.807) is 13.8 Å². The molecule has 1 amide bonds. The molecule has 0 saturated heterocycles. The van der Waals surface area contributed by atoms with Gasteiger partial charge in [-0.3, -0.25) is 4.79 Å². The lowest BCUT2D eigenvalue weighted by molar-refractivity contribution is 0.0895. The van der Waals surface area contributed by atoms with E-state index in [0.717, 1.165) is 12.1 Å². The molecule has 0 aromatic heterocycles. The average Bonchev–Trinajstić information content (AvgIpc) is 2.22. The fourth-order valence-corrected chi connectivity index (χ4v) is 1.56. The molecule has 0 unspecified atom stereocenters. The van der Waals surface area contributed by atoms with E-state index in [4.69, 9.17) is 16.7 Å². The molecule has 1 aromatic carbocycles. The summed E-state index contributed by atoms with van der Waals surface area (Å²) in [5.41, 5.74) is -1.13. The monoisotopic (exact) mass is 277 g/mol. The first-order valence-corrected chi connectivity index (χ1v) is 5.72. The van der Waals surface area contributed by atoms with E-state index in [9.17, 15) is 13.6 Å². The first-order valence-electron chi connectivity index (χ1n) is 5.35. The summed E-state index contributed by atoms with van der Waals surface area (Å²) in [6.45, 7) is 3.22. The number of rotatable bonds is 4. The third-order valence-electron chi connectivity index (χ3n) is 2.44. The third-order valence-corrected chi connectivity index (χ3v) is 2.73. The molecule has 18 heavy (non-hydrogen) atoms. The molecule has 100 valence electrons. The molecule has 1 rings (SSSR count). The number of hydrogen-bond donors (Lipinski definition) is 2. The van der Waals surface area contributed by atoms with E-state index in [2.05, 4.69) is 5.32 Å². The second kappa shape index (κ2) is 5.63. The van der Waals surface area contributed by atoms with Crippen LogP contribution in [-0.4, -0.2) is 23.2 Å². The van der Waals surface area contributed by atoms with Gasteiger partial charge in [0.15, 0.2) is 0 Å². The number of hydrogen-bond acceptors (Lipinski definition) is 2. The molecule has 0 aliphatic heterocycles. The summed E-state index contributed by atoms with van der Waals surface area (Å²) in [6.07, 6.45) is 0.302. The average molecular weight is 278 g/mol. The van der Waals surface area contributed by atoms with Crippen molar-refractivity contribution in [2.45, 2.75) is 25.8 Å². The van der Waals surface area contributed by atoms with Crippen LogP contribution in [0.5, 0.6) is 0 Å². The molecule has 0 bridgehead atoms. The van der Waals surface area contributed by atoms with E-state index in [1.165, 1.54) is 0 Å². The van der Waals surface area contributed by atoms with Crippen LogP contribution < -0.4 is 5.32 Å². The van der Waals surface area contributed by atoms with E-state index in [1.807, 2.05) is 0 Å². The first kappa shape index (κ1) is 14.9. The smallest absolute Gasteiger partial charge is 0.254 e. The van der Waals surface area contributed by atoms with E-state index >= 15 is 0 Å². The van der Waals surface area contributed by atoms with Gasteiger partial charge in [-0.15, -0.1) is 0 Å². The Morgan fingerprint density at radius 3 is 2.56 bits per heavy atom. The molecule has 0 aliphatic carbocycles. The number of nitrogens with one attached hydrogen (secondary N) is 1. The van der Waals surface area contributed by atoms with Crippen LogP contribution in [0.25, 0.3) is 0 Å². The van der Waals surface area contributed by atoms with Gasteiger partial charge in [0.1, 0.15) is 11.6 Å². The van der Waals surface area contributed by atoms with Gasteiger partial charge in [-0.05, 0) is 32.4 Å². The van der Waals surface area contributed by atoms with Gasteiger partial charge in [-0.25, -0.2) is 8.78 Å². The van der Waals surface area contributed by atoms with Gasteiger partial charge >= 0.3 is 0 Å². The zero-order valence-electron chi connectivity index (χ0n) is 10.1. The van der Waals surface area contributed by atoms with Gasteiger partial charge in [0, 0.05) is 12.1 Å². The molecular weight excluding hydrogens is 264 g/mol. The highest BCUT2D eigenvalue weighted by Gasteiger charge is 2.23. The molecule has 0 aliphatic rings. The normalized spacial score (nSPS) is 11.4. The number of aliphatic hydroxyl groups excluding tert-OH is 1. The number of carbonyl (C=O) groups excluding carboxylic acids is 1. The fraction of sp³-hybridized carbons (Fsp3) is 0.417. The van der Waals surface area contributed by atoms with Crippen molar-refractivity contribution in [1.29, 1.82) is 0 Å². The second-order valence-electron chi connectivity index (χ2n) is 4.56. The Morgan fingerprint density at radius 1 is 1.39 bits per heavy atom. The summed E-state index contributed by atoms with van der Waals surface area (Å²) in [6, 6.07) is 1.51. The maximum Gasteiger partial charge on any atom is 0.254 e. The molecule has 1 aromatic rings. The third kappa shape index (κ3) is 3.65. The van der Waals surface area contributed by atoms with Crippen molar-refractivity contribution in [3.05, 3.63) is 34.4 Å². The van der Waals surface area contributed by atoms with Gasteiger partial charge in [0.2, 0.25) is 0 Å². The maximum absolute atomic E-state index is 13.5. The summed E-state index contributed by atoms with van der Waals surface area (Å²) >= 11 is 5.39. The second-order valence-corrected chi connectivity index (χ2v) is 4.96. The number of halogens is 3. The van der Waals surface area contributed by atoms with E-state index in [0.29, 0.717) is 6.42 Å². The van der Waals surface area contributed by atoms with Crippen molar-refractivity contribution in [2.24, 2.45) is 0 Å². The van der Waals surface area contributed by atoms with Crippen LogP contribution in [-0.2, 0) is 0 Å². The summed E-state index contributed by atoms with van der Waals surface area (Å²) in [7, 11) is 0. The molecule has 0 atom stereocenters. The summed E-state index contributed by atoms with van der Waals surface area (Å²) < 4.78 is 26.7. The Morgan fingerprint density at radius 2 is 2.00 bits per heavy atom.